The highest BCUT2D eigenvalue weighted by molar-refractivity contribution is 5.81. The maximum Gasteiger partial charge on any atom is 0.249 e. The lowest BCUT2D eigenvalue weighted by Gasteiger charge is -2.27. The first-order valence-corrected chi connectivity index (χ1v) is 25.2. The van der Waals surface area contributed by atoms with Crippen molar-refractivity contribution in [2.45, 2.75) is 289 Å². The van der Waals surface area contributed by atoms with Crippen molar-refractivity contribution in [1.82, 2.24) is 5.32 Å². The Morgan fingerprint density at radius 2 is 0.789 bits per heavy atom. The molecular formula is C51H99NO5. The summed E-state index contributed by atoms with van der Waals surface area (Å²) in [5, 5.41) is 43.6. The predicted molar refractivity (Wildman–Crippen MR) is 247 cm³/mol. The maximum atomic E-state index is 12.5. The monoisotopic (exact) mass is 806 g/mol. The quantitative estimate of drug-likeness (QED) is 0.0311. The first kappa shape index (κ1) is 55.8. The molecule has 4 atom stereocenters. The van der Waals surface area contributed by atoms with Crippen LogP contribution in [-0.2, 0) is 4.79 Å². The van der Waals surface area contributed by atoms with E-state index in [1.54, 1.807) is 6.08 Å². The molecule has 0 aliphatic heterocycles. The second-order valence-electron chi connectivity index (χ2n) is 17.5. The van der Waals surface area contributed by atoms with Crippen LogP contribution in [0.1, 0.15) is 264 Å². The van der Waals surface area contributed by atoms with Gasteiger partial charge in [0.15, 0.2) is 0 Å². The lowest BCUT2D eigenvalue weighted by atomic mass is 9.99. The predicted octanol–water partition coefficient (Wildman–Crippen LogP) is 13.9. The van der Waals surface area contributed by atoms with Gasteiger partial charge in [-0.2, -0.15) is 0 Å². The fraction of sp³-hybridized carbons (Fsp3) is 0.902. The Hall–Kier alpha value is -1.21. The number of carbonyl (C=O) groups excluding carboxylic acids is 1. The number of rotatable bonds is 46. The summed E-state index contributed by atoms with van der Waals surface area (Å²) in [4.78, 5) is 12.5. The third-order valence-corrected chi connectivity index (χ3v) is 11.9. The molecule has 0 aromatic rings. The van der Waals surface area contributed by atoms with Crippen LogP contribution in [0, 0.1) is 0 Å². The highest BCUT2D eigenvalue weighted by atomic mass is 16.3. The first-order chi connectivity index (χ1) is 28.0. The number of allylic oxidation sites excluding steroid dienone is 3. The Bertz CT molecular complexity index is 863. The molecule has 0 spiro atoms. The van der Waals surface area contributed by atoms with E-state index >= 15 is 0 Å². The Kier molecular flexibility index (Phi) is 44.9. The molecule has 0 aromatic heterocycles. The average Bonchev–Trinajstić information content (AvgIpc) is 3.22. The minimum absolute atomic E-state index is 0.160. The molecule has 57 heavy (non-hydrogen) atoms. The zero-order valence-electron chi connectivity index (χ0n) is 38.1. The van der Waals surface area contributed by atoms with Gasteiger partial charge in [0.05, 0.1) is 18.8 Å². The van der Waals surface area contributed by atoms with Crippen molar-refractivity contribution >= 4 is 5.91 Å². The number of nitrogens with one attached hydrogen (secondary N) is 1. The molecule has 6 heteroatoms. The van der Waals surface area contributed by atoms with Crippen LogP contribution in [0.4, 0.5) is 0 Å². The molecule has 338 valence electrons. The molecular weight excluding hydrogens is 707 g/mol. The van der Waals surface area contributed by atoms with E-state index in [2.05, 4.69) is 31.3 Å². The molecule has 0 bridgehead atoms. The van der Waals surface area contributed by atoms with Gasteiger partial charge in [0.2, 0.25) is 5.91 Å². The summed E-state index contributed by atoms with van der Waals surface area (Å²) in [5.74, 6) is -0.649. The second kappa shape index (κ2) is 45.9. The Balaban J connectivity index is 3.60. The van der Waals surface area contributed by atoms with Crippen LogP contribution in [0.2, 0.25) is 0 Å². The fourth-order valence-electron chi connectivity index (χ4n) is 7.92. The van der Waals surface area contributed by atoms with Gasteiger partial charge in [0.1, 0.15) is 12.2 Å². The number of aliphatic hydroxyl groups is 4. The van der Waals surface area contributed by atoms with Crippen molar-refractivity contribution in [3.05, 3.63) is 24.3 Å². The van der Waals surface area contributed by atoms with E-state index in [0.717, 1.165) is 32.1 Å². The summed E-state index contributed by atoms with van der Waals surface area (Å²) in [7, 11) is 0. The van der Waals surface area contributed by atoms with Gasteiger partial charge in [-0.05, 0) is 25.7 Å². The van der Waals surface area contributed by atoms with E-state index in [9.17, 15) is 25.2 Å². The van der Waals surface area contributed by atoms with E-state index < -0.39 is 36.9 Å². The summed E-state index contributed by atoms with van der Waals surface area (Å²) in [5.41, 5.74) is 0. The van der Waals surface area contributed by atoms with Crippen molar-refractivity contribution in [2.75, 3.05) is 6.61 Å². The molecule has 0 rings (SSSR count). The number of hydrogen-bond donors (Lipinski definition) is 5. The molecule has 0 aromatic carbocycles. The van der Waals surface area contributed by atoms with Gasteiger partial charge in [-0.15, -0.1) is 0 Å². The molecule has 0 radical (unpaired) electrons. The summed E-state index contributed by atoms with van der Waals surface area (Å²) < 4.78 is 0. The van der Waals surface area contributed by atoms with Crippen LogP contribution in [0.25, 0.3) is 0 Å². The molecule has 0 aliphatic rings. The van der Waals surface area contributed by atoms with Crippen LogP contribution < -0.4 is 5.32 Å². The Morgan fingerprint density at radius 1 is 0.456 bits per heavy atom. The maximum absolute atomic E-state index is 12.5. The number of amides is 1. The molecule has 0 fully saturated rings. The van der Waals surface area contributed by atoms with Gasteiger partial charge in [-0.25, -0.2) is 0 Å². The average molecular weight is 806 g/mol. The van der Waals surface area contributed by atoms with Crippen molar-refractivity contribution in [3.63, 3.8) is 0 Å². The normalized spacial score (nSPS) is 14.1. The Morgan fingerprint density at radius 3 is 1.16 bits per heavy atom. The topological polar surface area (TPSA) is 110 Å². The molecule has 6 nitrogen and oxygen atoms in total. The molecule has 0 saturated heterocycles. The number of hydrogen-bond acceptors (Lipinski definition) is 5. The van der Waals surface area contributed by atoms with Crippen molar-refractivity contribution in [3.8, 4) is 0 Å². The van der Waals surface area contributed by atoms with Crippen LogP contribution in [0.5, 0.6) is 0 Å². The highest BCUT2D eigenvalue weighted by Crippen LogP contribution is 2.18. The molecule has 4 unspecified atom stereocenters. The van der Waals surface area contributed by atoms with Crippen LogP contribution >= 0.6 is 0 Å². The third-order valence-electron chi connectivity index (χ3n) is 11.9. The van der Waals surface area contributed by atoms with Crippen molar-refractivity contribution < 1.29 is 25.2 Å². The van der Waals surface area contributed by atoms with Crippen molar-refractivity contribution in [1.29, 1.82) is 0 Å². The summed E-state index contributed by atoms with van der Waals surface area (Å²) in [6.07, 6.45) is 54.1. The zero-order valence-corrected chi connectivity index (χ0v) is 38.1. The largest absolute Gasteiger partial charge is 0.394 e. The van der Waals surface area contributed by atoms with Crippen LogP contribution in [-0.4, -0.2) is 57.3 Å². The minimum atomic E-state index is -1.28. The third kappa shape index (κ3) is 40.0. The number of aliphatic hydroxyl groups excluding tert-OH is 4. The smallest absolute Gasteiger partial charge is 0.249 e. The van der Waals surface area contributed by atoms with Gasteiger partial charge in [-0.1, -0.05) is 256 Å². The summed E-state index contributed by atoms with van der Waals surface area (Å²) >= 11 is 0. The molecule has 0 aliphatic carbocycles. The van der Waals surface area contributed by atoms with E-state index in [1.807, 2.05) is 6.08 Å². The van der Waals surface area contributed by atoms with E-state index in [4.69, 9.17) is 0 Å². The molecule has 0 heterocycles. The lowest BCUT2D eigenvalue weighted by molar-refractivity contribution is -0.132. The lowest BCUT2D eigenvalue weighted by Crippen LogP contribution is -2.53. The van der Waals surface area contributed by atoms with Crippen molar-refractivity contribution in [2.24, 2.45) is 0 Å². The van der Waals surface area contributed by atoms with Gasteiger partial charge in [0, 0.05) is 6.42 Å². The van der Waals surface area contributed by atoms with E-state index in [0.29, 0.717) is 6.42 Å². The molecule has 1 amide bonds. The first-order valence-electron chi connectivity index (χ1n) is 25.2. The highest BCUT2D eigenvalue weighted by Gasteiger charge is 2.28. The minimum Gasteiger partial charge on any atom is -0.394 e. The van der Waals surface area contributed by atoms with Crippen LogP contribution in [0.15, 0.2) is 24.3 Å². The van der Waals surface area contributed by atoms with Crippen LogP contribution in [0.3, 0.4) is 0 Å². The Labute approximate surface area is 354 Å². The fourth-order valence-corrected chi connectivity index (χ4v) is 7.92. The van der Waals surface area contributed by atoms with Gasteiger partial charge in [0.25, 0.3) is 0 Å². The van der Waals surface area contributed by atoms with Gasteiger partial charge >= 0.3 is 0 Å². The van der Waals surface area contributed by atoms with Gasteiger partial charge < -0.3 is 25.7 Å². The molecule has 5 N–H and O–H groups in total. The van der Waals surface area contributed by atoms with E-state index in [-0.39, 0.29) is 6.42 Å². The second-order valence-corrected chi connectivity index (χ2v) is 17.5. The molecule has 0 saturated carbocycles. The number of unbranched alkanes of at least 4 members (excludes halogenated alkanes) is 34. The summed E-state index contributed by atoms with van der Waals surface area (Å²) in [6, 6.07) is -1.01. The summed E-state index contributed by atoms with van der Waals surface area (Å²) in [6.45, 7) is 4.02. The number of carbonyl (C=O) groups is 1. The zero-order chi connectivity index (χ0) is 41.7. The SMILES string of the molecule is CCCCCCCC/C=C\C/C=C\CC(O)C(=O)NC(CO)C(O)C(O)CCCCCCCCCCCCCCCCCCCCCCCCCCCCCCC. The standard InChI is InChI=1S/C51H99NO5/c1-3-5-7-9-11-13-15-17-18-19-20-21-22-23-24-25-26-27-28-29-30-31-32-33-35-36-38-40-42-44-48(54)50(56)47(46-53)52-51(57)49(55)45-43-41-39-37-34-16-14-12-10-8-6-4-2/h34,37,41,43,47-50,53-56H,3-33,35-36,38-40,42,44-46H2,1-2H3,(H,52,57)/b37-34-,43-41-. The van der Waals surface area contributed by atoms with E-state index in [1.165, 1.54) is 205 Å². The van der Waals surface area contributed by atoms with Gasteiger partial charge in [-0.3, -0.25) is 4.79 Å².